The first-order valence-corrected chi connectivity index (χ1v) is 6.77. The van der Waals surface area contributed by atoms with Crippen LogP contribution in [0, 0.1) is 5.92 Å². The number of amides is 2. The summed E-state index contributed by atoms with van der Waals surface area (Å²) in [5.74, 6) is -1.01. The summed E-state index contributed by atoms with van der Waals surface area (Å²) < 4.78 is 0.746. The molecule has 3 N–H and O–H groups in total. The predicted octanol–water partition coefficient (Wildman–Crippen LogP) is 3.33. The van der Waals surface area contributed by atoms with Gasteiger partial charge in [-0.25, -0.2) is 4.79 Å². The summed E-state index contributed by atoms with van der Waals surface area (Å²) in [6.45, 7) is 2.05. The first-order chi connectivity index (χ1) is 8.88. The molecule has 0 radical (unpaired) electrons. The van der Waals surface area contributed by atoms with Crippen LogP contribution in [0.3, 0.4) is 0 Å². The van der Waals surface area contributed by atoms with Gasteiger partial charge < -0.3 is 15.7 Å². The quantitative estimate of drug-likeness (QED) is 0.763. The fourth-order valence-electron chi connectivity index (χ4n) is 1.39. The third-order valence-corrected chi connectivity index (χ3v) is 3.54. The lowest BCUT2D eigenvalue weighted by Crippen LogP contribution is -2.32. The molecule has 0 saturated heterocycles. The number of carboxylic acids is 1. The van der Waals surface area contributed by atoms with Crippen LogP contribution in [0.4, 0.5) is 10.5 Å². The van der Waals surface area contributed by atoms with E-state index in [0.717, 1.165) is 4.47 Å². The number of halogens is 2. The van der Waals surface area contributed by atoms with E-state index in [-0.39, 0.29) is 12.3 Å². The van der Waals surface area contributed by atoms with Crippen molar-refractivity contribution >= 4 is 45.2 Å². The fourth-order valence-corrected chi connectivity index (χ4v) is 1.81. The second-order valence-electron chi connectivity index (χ2n) is 4.17. The number of hydrogen-bond donors (Lipinski definition) is 3. The zero-order valence-corrected chi connectivity index (χ0v) is 12.6. The van der Waals surface area contributed by atoms with E-state index in [1.54, 1.807) is 25.1 Å². The Bertz CT molecular complexity index is 482. The van der Waals surface area contributed by atoms with E-state index in [2.05, 4.69) is 26.6 Å². The number of hydrogen-bond acceptors (Lipinski definition) is 2. The highest BCUT2D eigenvalue weighted by Gasteiger charge is 2.09. The number of benzene rings is 1. The van der Waals surface area contributed by atoms with Gasteiger partial charge in [-0.1, -0.05) is 18.5 Å². The van der Waals surface area contributed by atoms with E-state index in [0.29, 0.717) is 17.3 Å². The summed E-state index contributed by atoms with van der Waals surface area (Å²) in [5, 5.41) is 14.3. The highest BCUT2D eigenvalue weighted by molar-refractivity contribution is 9.10. The second kappa shape index (κ2) is 7.35. The van der Waals surface area contributed by atoms with Crippen LogP contribution in [0.5, 0.6) is 0 Å². The van der Waals surface area contributed by atoms with Crippen molar-refractivity contribution in [2.24, 2.45) is 5.92 Å². The molecule has 1 aromatic rings. The zero-order chi connectivity index (χ0) is 14.4. The second-order valence-corrected chi connectivity index (χ2v) is 5.43. The molecule has 19 heavy (non-hydrogen) atoms. The molecule has 2 amide bonds. The van der Waals surface area contributed by atoms with Crippen LogP contribution in [-0.2, 0) is 4.79 Å². The van der Waals surface area contributed by atoms with Crippen LogP contribution in [0.15, 0.2) is 22.7 Å². The molecule has 0 heterocycles. The summed E-state index contributed by atoms with van der Waals surface area (Å²) in [5.41, 5.74) is 0.566. The molecule has 0 aromatic heterocycles. The Hall–Kier alpha value is -1.27. The maximum Gasteiger partial charge on any atom is 0.319 e. The Morgan fingerprint density at radius 3 is 2.74 bits per heavy atom. The van der Waals surface area contributed by atoms with Crippen LogP contribution in [0.2, 0.25) is 5.02 Å². The molecule has 0 aliphatic rings. The monoisotopic (exact) mass is 348 g/mol. The van der Waals surface area contributed by atoms with Gasteiger partial charge in [0.05, 0.1) is 5.02 Å². The van der Waals surface area contributed by atoms with Gasteiger partial charge in [-0.2, -0.15) is 0 Å². The van der Waals surface area contributed by atoms with Crippen molar-refractivity contribution in [2.45, 2.75) is 13.3 Å². The summed E-state index contributed by atoms with van der Waals surface area (Å²) in [6.07, 6.45) is 0.0182. The van der Waals surface area contributed by atoms with E-state index < -0.39 is 12.0 Å². The van der Waals surface area contributed by atoms with E-state index in [9.17, 15) is 9.59 Å². The third-order valence-electron chi connectivity index (χ3n) is 2.31. The van der Waals surface area contributed by atoms with Gasteiger partial charge >= 0.3 is 12.0 Å². The van der Waals surface area contributed by atoms with Crippen molar-refractivity contribution in [1.82, 2.24) is 5.32 Å². The lowest BCUT2D eigenvalue weighted by Gasteiger charge is -2.11. The van der Waals surface area contributed by atoms with Crippen LogP contribution < -0.4 is 10.6 Å². The Labute approximate surface area is 124 Å². The van der Waals surface area contributed by atoms with Crippen molar-refractivity contribution in [1.29, 1.82) is 0 Å². The molecule has 104 valence electrons. The summed E-state index contributed by atoms with van der Waals surface area (Å²) in [4.78, 5) is 22.0. The first-order valence-electron chi connectivity index (χ1n) is 5.60. The lowest BCUT2D eigenvalue weighted by molar-refractivity contribution is -0.137. The third kappa shape index (κ3) is 5.94. The normalized spacial score (nSPS) is 11.7. The SMILES string of the molecule is CC(CNC(=O)Nc1ccc(Br)c(Cl)c1)CC(=O)O. The zero-order valence-electron chi connectivity index (χ0n) is 10.2. The van der Waals surface area contributed by atoms with E-state index in [1.807, 2.05) is 0 Å². The number of aliphatic carboxylic acids is 1. The minimum absolute atomic E-state index is 0.0182. The molecule has 0 aliphatic carbocycles. The maximum atomic E-state index is 11.6. The van der Waals surface area contributed by atoms with Crippen molar-refractivity contribution < 1.29 is 14.7 Å². The van der Waals surface area contributed by atoms with Crippen LogP contribution in [0.1, 0.15) is 13.3 Å². The molecule has 5 nitrogen and oxygen atoms in total. The minimum atomic E-state index is -0.880. The summed E-state index contributed by atoms with van der Waals surface area (Å²) >= 11 is 9.15. The largest absolute Gasteiger partial charge is 0.481 e. The molecule has 1 aromatic carbocycles. The number of urea groups is 1. The molecule has 1 atom stereocenters. The van der Waals surface area contributed by atoms with Crippen LogP contribution in [-0.4, -0.2) is 23.7 Å². The molecule has 0 bridgehead atoms. The van der Waals surface area contributed by atoms with E-state index >= 15 is 0 Å². The highest BCUT2D eigenvalue weighted by atomic mass is 79.9. The topological polar surface area (TPSA) is 78.4 Å². The van der Waals surface area contributed by atoms with Gasteiger partial charge in [-0.3, -0.25) is 4.79 Å². The summed E-state index contributed by atoms with van der Waals surface area (Å²) in [6, 6.07) is 4.66. The standard InChI is InChI=1S/C12H14BrClN2O3/c1-7(4-11(17)18)6-15-12(19)16-8-2-3-9(13)10(14)5-8/h2-3,5,7H,4,6H2,1H3,(H,17,18)(H2,15,16,19). The van der Waals surface area contributed by atoms with Crippen LogP contribution in [0.25, 0.3) is 0 Å². The minimum Gasteiger partial charge on any atom is -0.481 e. The van der Waals surface area contributed by atoms with Crippen molar-refractivity contribution in [2.75, 3.05) is 11.9 Å². The van der Waals surface area contributed by atoms with Crippen molar-refractivity contribution in [3.63, 3.8) is 0 Å². The molecule has 0 spiro atoms. The Kier molecular flexibility index (Phi) is 6.11. The molecule has 0 saturated carbocycles. The molecule has 0 aliphatic heterocycles. The highest BCUT2D eigenvalue weighted by Crippen LogP contribution is 2.25. The maximum absolute atomic E-state index is 11.6. The fraction of sp³-hybridized carbons (Fsp3) is 0.333. The van der Waals surface area contributed by atoms with E-state index in [4.69, 9.17) is 16.7 Å². The lowest BCUT2D eigenvalue weighted by atomic mass is 10.1. The van der Waals surface area contributed by atoms with Crippen molar-refractivity contribution in [3.05, 3.63) is 27.7 Å². The smallest absolute Gasteiger partial charge is 0.319 e. The molecule has 7 heteroatoms. The molecular weight excluding hydrogens is 336 g/mol. The molecule has 1 unspecified atom stereocenters. The number of carbonyl (C=O) groups is 2. The van der Waals surface area contributed by atoms with Gasteiger partial charge in [0.2, 0.25) is 0 Å². The molecule has 1 rings (SSSR count). The number of rotatable bonds is 5. The number of carboxylic acid groups (broad SMARTS) is 1. The summed E-state index contributed by atoms with van der Waals surface area (Å²) in [7, 11) is 0. The average molecular weight is 350 g/mol. The average Bonchev–Trinajstić information content (AvgIpc) is 2.30. The molecular formula is C12H14BrClN2O3. The van der Waals surface area contributed by atoms with Gasteiger partial charge in [-0.05, 0) is 40.0 Å². The van der Waals surface area contributed by atoms with Gasteiger partial charge in [0.1, 0.15) is 0 Å². The molecule has 0 fully saturated rings. The van der Waals surface area contributed by atoms with Gasteiger partial charge in [0.15, 0.2) is 0 Å². The first kappa shape index (κ1) is 15.8. The number of nitrogens with one attached hydrogen (secondary N) is 2. The number of carbonyl (C=O) groups excluding carboxylic acids is 1. The Morgan fingerprint density at radius 2 is 2.16 bits per heavy atom. The van der Waals surface area contributed by atoms with Gasteiger partial charge in [0, 0.05) is 23.1 Å². The van der Waals surface area contributed by atoms with E-state index in [1.165, 1.54) is 0 Å². The Morgan fingerprint density at radius 1 is 1.47 bits per heavy atom. The van der Waals surface area contributed by atoms with Gasteiger partial charge in [0.25, 0.3) is 0 Å². The number of anilines is 1. The van der Waals surface area contributed by atoms with Gasteiger partial charge in [-0.15, -0.1) is 0 Å². The Balaban J connectivity index is 2.42. The van der Waals surface area contributed by atoms with Crippen LogP contribution >= 0.6 is 27.5 Å². The van der Waals surface area contributed by atoms with Crippen molar-refractivity contribution in [3.8, 4) is 0 Å². The predicted molar refractivity (Wildman–Crippen MR) is 77.6 cm³/mol.